The van der Waals surface area contributed by atoms with E-state index in [0.29, 0.717) is 19.3 Å². The van der Waals surface area contributed by atoms with E-state index in [0.717, 1.165) is 186 Å². The van der Waals surface area contributed by atoms with Crippen molar-refractivity contribution in [2.75, 3.05) is 39.6 Å². The summed E-state index contributed by atoms with van der Waals surface area (Å²) in [5, 5.41) is 20.7. The number of allylic oxidation sites excluding steroid dienone is 30. The number of ether oxygens (including phenoxy) is 3. The Balaban J connectivity index is 4.65. The molecule has 0 aromatic rings. The van der Waals surface area contributed by atoms with Gasteiger partial charge >= 0.3 is 33.6 Å². The minimum Gasteiger partial charge on any atom is -0.463 e. The number of esters is 3. The minimum atomic E-state index is -4.95. The molecule has 0 aliphatic rings. The number of unbranched alkanes of at least 4 members (excludes halogenated alkanes) is 27. The molecule has 0 heterocycles. The van der Waals surface area contributed by atoms with Crippen LogP contribution in [0.25, 0.3) is 0 Å². The van der Waals surface area contributed by atoms with Crippen molar-refractivity contribution >= 4 is 33.6 Å². The third-order valence-electron chi connectivity index (χ3n) is 17.6. The van der Waals surface area contributed by atoms with Crippen molar-refractivity contribution in [3.63, 3.8) is 0 Å². The predicted octanol–water partition coefficient (Wildman–Crippen LogP) is 26.1. The maximum absolute atomic E-state index is 13.0. The Morgan fingerprint density at radius 3 is 0.712 bits per heavy atom. The highest BCUT2D eigenvalue weighted by atomic mass is 31.2. The molecule has 632 valence electrons. The average molecular weight is 1590 g/mol. The molecular weight excluding hydrogens is 1430 g/mol. The molecule has 111 heavy (non-hydrogen) atoms. The van der Waals surface area contributed by atoms with Crippen molar-refractivity contribution in [2.24, 2.45) is 0 Å². The standard InChI is InChI=1S/C93H154O16P2/c1-4-7-10-13-16-19-22-25-28-31-34-37-39-41-42-43-44-46-48-50-52-55-58-61-64-67-70-73-76-79-91(96)103-82-88(94)83-105-110(99,100)106-84-89(95)85-107-111(101,102)108-87-90(109-93(98)81-78-75-72-69-66-63-60-57-54-49-36-33-30-27-24-21-18-15-12-9-6-3)86-104-92(97)80-77-74-71-68-65-62-59-56-53-51-47-45-40-38-35-32-29-26-23-20-17-14-11-8-5-2/h7-12,16-21,25-30,34-38,41-42,45,47,49,57,60,88-90,94-95H,4-6,13-15,22-24,31-33,39-40,43-44,46,48,50-56,58-59,61-87H2,1-3H3,(H,99,100)(H,101,102)/b10-7-,11-8-,12-9-,19-16-,20-17-,21-18-,28-25-,29-26-,30-27-,37-34-,38-35-,42-41-,47-45-,49-36-,60-57-. The Labute approximate surface area is 675 Å². The predicted molar refractivity (Wildman–Crippen MR) is 463 cm³/mol. The summed E-state index contributed by atoms with van der Waals surface area (Å²) in [4.78, 5) is 58.9. The van der Waals surface area contributed by atoms with Crippen LogP contribution in [0.5, 0.6) is 0 Å². The second-order valence-electron chi connectivity index (χ2n) is 28.2. The van der Waals surface area contributed by atoms with Crippen LogP contribution in [0.3, 0.4) is 0 Å². The van der Waals surface area contributed by atoms with Gasteiger partial charge in [-0.1, -0.05) is 338 Å². The topological polar surface area (TPSA) is 231 Å². The fraction of sp³-hybridized carbons (Fsp3) is 0.645. The maximum Gasteiger partial charge on any atom is 0.472 e. The van der Waals surface area contributed by atoms with E-state index in [-0.39, 0.29) is 19.3 Å². The highest BCUT2D eigenvalue weighted by molar-refractivity contribution is 7.47. The van der Waals surface area contributed by atoms with E-state index < -0.39 is 91.5 Å². The van der Waals surface area contributed by atoms with Crippen LogP contribution >= 0.6 is 15.6 Å². The zero-order valence-electron chi connectivity index (χ0n) is 69.3. The summed E-state index contributed by atoms with van der Waals surface area (Å²) in [7, 11) is -9.82. The van der Waals surface area contributed by atoms with Gasteiger partial charge < -0.3 is 34.2 Å². The van der Waals surface area contributed by atoms with Gasteiger partial charge in [0.1, 0.15) is 25.4 Å². The van der Waals surface area contributed by atoms with Crippen molar-refractivity contribution in [3.8, 4) is 0 Å². The zero-order valence-corrected chi connectivity index (χ0v) is 71.1. The molecule has 0 aromatic carbocycles. The lowest BCUT2D eigenvalue weighted by atomic mass is 10.0. The molecule has 0 aromatic heterocycles. The van der Waals surface area contributed by atoms with Crippen LogP contribution in [0, 0.1) is 0 Å². The van der Waals surface area contributed by atoms with Gasteiger partial charge in [-0.2, -0.15) is 0 Å². The summed E-state index contributed by atoms with van der Waals surface area (Å²) >= 11 is 0. The van der Waals surface area contributed by atoms with Crippen molar-refractivity contribution in [1.82, 2.24) is 0 Å². The minimum absolute atomic E-state index is 0.0748. The van der Waals surface area contributed by atoms with E-state index >= 15 is 0 Å². The van der Waals surface area contributed by atoms with Gasteiger partial charge in [-0.3, -0.25) is 32.5 Å². The van der Waals surface area contributed by atoms with Crippen LogP contribution in [0.2, 0.25) is 0 Å². The third-order valence-corrected chi connectivity index (χ3v) is 19.5. The lowest BCUT2D eigenvalue weighted by Crippen LogP contribution is -2.30. The molecule has 0 aliphatic carbocycles. The summed E-state index contributed by atoms with van der Waals surface area (Å²) in [6.45, 7) is 2.32. The first-order valence-corrected chi connectivity index (χ1v) is 46.1. The van der Waals surface area contributed by atoms with E-state index in [4.69, 9.17) is 32.3 Å². The van der Waals surface area contributed by atoms with Gasteiger partial charge in [0.2, 0.25) is 0 Å². The van der Waals surface area contributed by atoms with E-state index in [1.807, 2.05) is 0 Å². The van der Waals surface area contributed by atoms with Crippen LogP contribution < -0.4 is 0 Å². The monoisotopic (exact) mass is 1590 g/mol. The smallest absolute Gasteiger partial charge is 0.463 e. The van der Waals surface area contributed by atoms with Crippen LogP contribution in [0.15, 0.2) is 182 Å². The van der Waals surface area contributed by atoms with E-state index in [2.05, 4.69) is 203 Å². The number of hydrogen-bond donors (Lipinski definition) is 4. The Bertz CT molecular complexity index is 2750. The average Bonchev–Trinajstić information content (AvgIpc) is 0.898. The van der Waals surface area contributed by atoms with E-state index in [9.17, 15) is 43.5 Å². The Hall–Kier alpha value is -5.35. The molecule has 5 atom stereocenters. The van der Waals surface area contributed by atoms with Crippen molar-refractivity contribution in [1.29, 1.82) is 0 Å². The van der Waals surface area contributed by atoms with E-state index in [1.165, 1.54) is 83.5 Å². The molecule has 0 saturated heterocycles. The molecule has 16 nitrogen and oxygen atoms in total. The number of phosphoric acid groups is 2. The molecule has 0 rings (SSSR count). The molecule has 0 radical (unpaired) electrons. The Kier molecular flexibility index (Phi) is 80.0. The normalized spacial score (nSPS) is 14.8. The van der Waals surface area contributed by atoms with Gasteiger partial charge in [0.15, 0.2) is 6.10 Å². The van der Waals surface area contributed by atoms with Gasteiger partial charge in [-0.25, -0.2) is 9.13 Å². The van der Waals surface area contributed by atoms with Gasteiger partial charge in [-0.05, 0) is 154 Å². The van der Waals surface area contributed by atoms with Crippen LogP contribution in [-0.4, -0.2) is 95.9 Å². The molecule has 0 amide bonds. The van der Waals surface area contributed by atoms with Crippen LogP contribution in [0.4, 0.5) is 0 Å². The lowest BCUT2D eigenvalue weighted by molar-refractivity contribution is -0.161. The Morgan fingerprint density at radius 2 is 0.450 bits per heavy atom. The number of rotatable bonds is 80. The zero-order chi connectivity index (χ0) is 80.8. The highest BCUT2D eigenvalue weighted by Crippen LogP contribution is 2.45. The first-order chi connectivity index (χ1) is 54.2. The molecular formula is C93H154O16P2. The summed E-state index contributed by atoms with van der Waals surface area (Å²) in [5.74, 6) is -1.61. The van der Waals surface area contributed by atoms with Crippen molar-refractivity contribution < 1.29 is 75.8 Å². The number of carbonyl (C=O) groups is 3. The summed E-state index contributed by atoms with van der Waals surface area (Å²) in [5.41, 5.74) is 0. The van der Waals surface area contributed by atoms with Gasteiger partial charge in [0.05, 0.1) is 26.4 Å². The molecule has 0 saturated carbocycles. The number of aliphatic hydroxyl groups excluding tert-OH is 2. The summed E-state index contributed by atoms with van der Waals surface area (Å²) in [6.07, 6.45) is 109. The van der Waals surface area contributed by atoms with Gasteiger partial charge in [0.25, 0.3) is 0 Å². The first kappa shape index (κ1) is 106. The van der Waals surface area contributed by atoms with Crippen molar-refractivity contribution in [3.05, 3.63) is 182 Å². The summed E-state index contributed by atoms with van der Waals surface area (Å²) in [6, 6.07) is 0. The fourth-order valence-electron chi connectivity index (χ4n) is 11.2. The van der Waals surface area contributed by atoms with Crippen LogP contribution in [-0.2, 0) is 55.8 Å². The maximum atomic E-state index is 13.0. The highest BCUT2D eigenvalue weighted by Gasteiger charge is 2.29. The molecule has 0 fully saturated rings. The fourth-order valence-corrected chi connectivity index (χ4v) is 12.8. The molecule has 0 spiro atoms. The second-order valence-corrected chi connectivity index (χ2v) is 31.1. The molecule has 0 aliphatic heterocycles. The molecule has 18 heteroatoms. The third kappa shape index (κ3) is 85.4. The number of hydrogen-bond acceptors (Lipinski definition) is 14. The quantitative estimate of drug-likeness (QED) is 0.0146. The lowest BCUT2D eigenvalue weighted by Gasteiger charge is -2.21. The number of aliphatic hydroxyl groups is 2. The van der Waals surface area contributed by atoms with Gasteiger partial charge in [0, 0.05) is 19.3 Å². The van der Waals surface area contributed by atoms with Crippen molar-refractivity contribution in [2.45, 2.75) is 347 Å². The van der Waals surface area contributed by atoms with Crippen LogP contribution in [0.1, 0.15) is 329 Å². The first-order valence-electron chi connectivity index (χ1n) is 43.1. The molecule has 5 unspecified atom stereocenters. The Morgan fingerprint density at radius 1 is 0.252 bits per heavy atom. The molecule has 4 N–H and O–H groups in total. The van der Waals surface area contributed by atoms with Gasteiger partial charge in [-0.15, -0.1) is 0 Å². The SMILES string of the molecule is CC/C=C\C/C=C\C/C=C\C/C=C\C/C=C\CCCCCCCCCCCCCCCC(=O)OCC(O)COP(=O)(O)OCC(O)COP(=O)(O)OCC(COC(=O)CCCCCCCCCCC/C=C\C/C=C\C/C=C\C/C=C\C/C=C\CC)OC(=O)CCCCCCC/C=C\C/C=C\C/C=C\C/C=C\C/C=C\CC. The number of carbonyl (C=O) groups excluding carboxylic acids is 3. The number of phosphoric ester groups is 2. The molecule has 0 bridgehead atoms. The largest absolute Gasteiger partial charge is 0.472 e. The second kappa shape index (κ2) is 84.1. The van der Waals surface area contributed by atoms with E-state index in [1.54, 1.807) is 0 Å². The summed E-state index contributed by atoms with van der Waals surface area (Å²) < 4.78 is 61.4.